The second-order valence-electron chi connectivity index (χ2n) is 9.75. The van der Waals surface area contributed by atoms with Crippen molar-refractivity contribution in [1.82, 2.24) is 0 Å². The van der Waals surface area contributed by atoms with Gasteiger partial charge in [-0.1, -0.05) is 60.3 Å². The summed E-state index contributed by atoms with van der Waals surface area (Å²) in [5.74, 6) is -0.768. The average molecular weight is 429 g/mol. The molecule has 1 unspecified atom stereocenters. The van der Waals surface area contributed by atoms with Gasteiger partial charge >= 0.3 is 0 Å². The molecule has 3 N–H and O–H groups in total. The first-order valence-electron chi connectivity index (χ1n) is 10.2. The molecule has 1 aromatic rings. The second kappa shape index (κ2) is 8.89. The van der Waals surface area contributed by atoms with Crippen molar-refractivity contribution in [2.45, 2.75) is 65.2 Å². The molecule has 162 valence electrons. The second-order valence-corrected chi connectivity index (χ2v) is 10.4. The van der Waals surface area contributed by atoms with Crippen LogP contribution in [0.2, 0.25) is 0 Å². The number of nitrogens with one attached hydrogen (secondary N) is 1. The molecule has 0 radical (unpaired) electrons. The lowest BCUT2D eigenvalue weighted by Crippen LogP contribution is -2.26. The zero-order valence-electron chi connectivity index (χ0n) is 18.9. The third-order valence-electron chi connectivity index (χ3n) is 5.21. The Labute approximate surface area is 182 Å². The number of amides is 1. The quantitative estimate of drug-likeness (QED) is 0.368. The van der Waals surface area contributed by atoms with E-state index in [1.54, 1.807) is 6.08 Å². The van der Waals surface area contributed by atoms with Crippen LogP contribution in [-0.4, -0.2) is 5.91 Å². The maximum Gasteiger partial charge on any atom is 0.257 e. The van der Waals surface area contributed by atoms with Crippen molar-refractivity contribution < 1.29 is 9.18 Å². The van der Waals surface area contributed by atoms with Crippen LogP contribution in [0, 0.1) is 0 Å². The van der Waals surface area contributed by atoms with Crippen molar-refractivity contribution in [3.05, 3.63) is 70.7 Å². The van der Waals surface area contributed by atoms with Crippen molar-refractivity contribution in [1.29, 1.82) is 0 Å². The van der Waals surface area contributed by atoms with Crippen molar-refractivity contribution in [3.8, 4) is 0 Å². The number of rotatable bonds is 4. The molecule has 3 nitrogen and oxygen atoms in total. The third-order valence-corrected chi connectivity index (χ3v) is 5.69. The standard InChI is InChI=1S/C25H34FN2OP/c1-15(16-10-8-9-11-20(16)26)17(14-27)23(29)28-21-13-22(30)19(25(5,6)7)12-18(21)24(2,3)4/h10-14H,1,8-9,27,30H2,2-7H3,(H,28,29)/b17-14-. The molecule has 0 bridgehead atoms. The van der Waals surface area contributed by atoms with Crippen LogP contribution in [0.5, 0.6) is 0 Å². The topological polar surface area (TPSA) is 55.1 Å². The number of hydrogen-bond acceptors (Lipinski definition) is 2. The summed E-state index contributed by atoms with van der Waals surface area (Å²) < 4.78 is 14.2. The summed E-state index contributed by atoms with van der Waals surface area (Å²) >= 11 is 0. The van der Waals surface area contributed by atoms with Crippen molar-refractivity contribution in [2.24, 2.45) is 5.73 Å². The summed E-state index contributed by atoms with van der Waals surface area (Å²) in [5, 5.41) is 4.01. The molecule has 1 aliphatic carbocycles. The molecule has 0 spiro atoms. The summed E-state index contributed by atoms with van der Waals surface area (Å²) in [6, 6.07) is 4.13. The van der Waals surface area contributed by atoms with Gasteiger partial charge in [-0.25, -0.2) is 4.39 Å². The van der Waals surface area contributed by atoms with Gasteiger partial charge in [0, 0.05) is 17.5 Å². The molecule has 0 heterocycles. The summed E-state index contributed by atoms with van der Waals surface area (Å²) in [6.07, 6.45) is 5.81. The highest BCUT2D eigenvalue weighted by Gasteiger charge is 2.26. The Morgan fingerprint density at radius 2 is 1.67 bits per heavy atom. The van der Waals surface area contributed by atoms with Gasteiger partial charge in [-0.15, -0.1) is 9.24 Å². The molecule has 30 heavy (non-hydrogen) atoms. The third kappa shape index (κ3) is 5.29. The molecular weight excluding hydrogens is 394 g/mol. The van der Waals surface area contributed by atoms with Gasteiger partial charge in [-0.05, 0) is 57.8 Å². The molecule has 5 heteroatoms. The first-order chi connectivity index (χ1) is 13.8. The van der Waals surface area contributed by atoms with Crippen LogP contribution < -0.4 is 16.4 Å². The predicted molar refractivity (Wildman–Crippen MR) is 130 cm³/mol. The zero-order chi connectivity index (χ0) is 22.9. The lowest BCUT2D eigenvalue weighted by molar-refractivity contribution is -0.112. The lowest BCUT2D eigenvalue weighted by Gasteiger charge is -2.29. The number of halogens is 1. The molecule has 0 aromatic heterocycles. The molecule has 0 saturated carbocycles. The van der Waals surface area contributed by atoms with E-state index in [0.717, 1.165) is 10.9 Å². The Kier molecular flexibility index (Phi) is 7.14. The maximum absolute atomic E-state index is 14.2. The van der Waals surface area contributed by atoms with Gasteiger partial charge in [0.1, 0.15) is 5.83 Å². The molecule has 1 atom stereocenters. The van der Waals surface area contributed by atoms with Crippen LogP contribution >= 0.6 is 9.24 Å². The summed E-state index contributed by atoms with van der Waals surface area (Å²) in [6.45, 7) is 16.8. The van der Waals surface area contributed by atoms with Crippen molar-refractivity contribution in [2.75, 3.05) is 5.32 Å². The van der Waals surface area contributed by atoms with E-state index in [9.17, 15) is 9.18 Å². The van der Waals surface area contributed by atoms with Crippen molar-refractivity contribution in [3.63, 3.8) is 0 Å². The van der Waals surface area contributed by atoms with Crippen LogP contribution in [-0.2, 0) is 15.6 Å². The Bertz CT molecular complexity index is 957. The smallest absolute Gasteiger partial charge is 0.257 e. The highest BCUT2D eigenvalue weighted by Crippen LogP contribution is 2.35. The highest BCUT2D eigenvalue weighted by atomic mass is 31.0. The molecule has 0 aliphatic heterocycles. The van der Waals surface area contributed by atoms with E-state index >= 15 is 0 Å². The number of benzene rings is 1. The Morgan fingerprint density at radius 3 is 2.17 bits per heavy atom. The number of carbonyl (C=O) groups is 1. The fourth-order valence-electron chi connectivity index (χ4n) is 3.55. The van der Waals surface area contributed by atoms with Crippen LogP contribution in [0.15, 0.2) is 59.6 Å². The van der Waals surface area contributed by atoms with Crippen LogP contribution in [0.1, 0.15) is 65.5 Å². The maximum atomic E-state index is 14.2. The van der Waals surface area contributed by atoms with Gasteiger partial charge in [0.25, 0.3) is 5.91 Å². The van der Waals surface area contributed by atoms with Gasteiger partial charge in [-0.2, -0.15) is 0 Å². The summed E-state index contributed by atoms with van der Waals surface area (Å²) in [4.78, 5) is 13.1. The van der Waals surface area contributed by atoms with E-state index in [0.29, 0.717) is 24.1 Å². The molecule has 1 amide bonds. The first-order valence-corrected chi connectivity index (χ1v) is 10.8. The van der Waals surface area contributed by atoms with Crippen LogP contribution in [0.25, 0.3) is 0 Å². The highest BCUT2D eigenvalue weighted by molar-refractivity contribution is 7.27. The zero-order valence-corrected chi connectivity index (χ0v) is 20.1. The minimum atomic E-state index is -0.403. The SMILES string of the molecule is C=C(C1=CCCC=C1F)/C(=C/N)C(=O)Nc1cc(P)c(C(C)(C)C)cc1C(C)(C)C. The molecule has 2 rings (SSSR count). The monoisotopic (exact) mass is 428 g/mol. The largest absolute Gasteiger partial charge is 0.404 e. The van der Waals surface area contributed by atoms with Crippen LogP contribution in [0.3, 0.4) is 0 Å². The Balaban J connectivity index is 2.44. The number of allylic oxidation sites excluding steroid dienone is 4. The molecule has 1 aromatic carbocycles. The fraction of sp³-hybridized carbons (Fsp3) is 0.400. The average Bonchev–Trinajstić information content (AvgIpc) is 2.60. The number of carbonyl (C=O) groups excluding carboxylic acids is 1. The fourth-order valence-corrected chi connectivity index (χ4v) is 4.23. The molecule has 0 saturated heterocycles. The van der Waals surface area contributed by atoms with Gasteiger partial charge in [-0.3, -0.25) is 4.79 Å². The van der Waals surface area contributed by atoms with E-state index in [-0.39, 0.29) is 27.8 Å². The van der Waals surface area contributed by atoms with E-state index in [1.165, 1.54) is 17.8 Å². The number of anilines is 1. The minimum Gasteiger partial charge on any atom is -0.404 e. The molecule has 1 aliphatic rings. The van der Waals surface area contributed by atoms with E-state index in [1.807, 2.05) is 6.07 Å². The lowest BCUT2D eigenvalue weighted by atomic mass is 9.79. The van der Waals surface area contributed by atoms with Crippen LogP contribution in [0.4, 0.5) is 10.1 Å². The summed E-state index contributed by atoms with van der Waals surface area (Å²) in [7, 11) is 2.76. The minimum absolute atomic E-state index is 0.0342. The Hall–Kier alpha value is -2.19. The molecular formula is C25H34FN2OP. The van der Waals surface area contributed by atoms with Gasteiger partial charge in [0.05, 0.1) is 5.57 Å². The number of nitrogens with two attached hydrogens (primary N) is 1. The van der Waals surface area contributed by atoms with Crippen molar-refractivity contribution >= 4 is 26.1 Å². The van der Waals surface area contributed by atoms with E-state index in [2.05, 4.69) is 68.7 Å². The van der Waals surface area contributed by atoms with Gasteiger partial charge in [0.15, 0.2) is 0 Å². The van der Waals surface area contributed by atoms with E-state index < -0.39 is 5.91 Å². The van der Waals surface area contributed by atoms with Gasteiger partial charge < -0.3 is 11.1 Å². The predicted octanol–water partition coefficient (Wildman–Crippen LogP) is 5.69. The Morgan fingerprint density at radius 1 is 1.10 bits per heavy atom. The first kappa shape index (κ1) is 24.1. The number of hydrogen-bond donors (Lipinski definition) is 2. The van der Waals surface area contributed by atoms with Gasteiger partial charge in [0.2, 0.25) is 0 Å². The summed E-state index contributed by atoms with van der Waals surface area (Å²) in [5.41, 5.74) is 9.26. The van der Waals surface area contributed by atoms with E-state index in [4.69, 9.17) is 5.73 Å². The normalized spacial score (nSPS) is 15.4. The molecule has 0 fully saturated rings.